The Morgan fingerprint density at radius 3 is 2.00 bits per heavy atom. The van der Waals surface area contributed by atoms with E-state index in [1.807, 2.05) is 0 Å². The molecule has 4 nitrogen and oxygen atoms in total. The SMILES string of the molecule is Cc1cccc(NC(NC(=O)c2ccccc2C)(C(F)(F)F)C(F)(F)F)n1. The molecule has 0 radical (unpaired) electrons. The van der Waals surface area contributed by atoms with E-state index in [0.29, 0.717) is 0 Å². The maximum absolute atomic E-state index is 13.6. The second kappa shape index (κ2) is 7.09. The Kier molecular flexibility index (Phi) is 5.39. The lowest BCUT2D eigenvalue weighted by molar-refractivity contribution is -0.294. The summed E-state index contributed by atoms with van der Waals surface area (Å²) in [5.74, 6) is -2.21. The molecule has 146 valence electrons. The van der Waals surface area contributed by atoms with E-state index in [1.165, 1.54) is 49.5 Å². The highest BCUT2D eigenvalue weighted by molar-refractivity contribution is 5.96. The molecule has 0 unspecified atom stereocenters. The van der Waals surface area contributed by atoms with E-state index in [0.717, 1.165) is 17.4 Å². The van der Waals surface area contributed by atoms with Gasteiger partial charge in [0.25, 0.3) is 5.91 Å². The van der Waals surface area contributed by atoms with E-state index in [9.17, 15) is 31.1 Å². The molecular formula is C17H15F6N3O. The van der Waals surface area contributed by atoms with Crippen LogP contribution in [0.4, 0.5) is 32.2 Å². The van der Waals surface area contributed by atoms with Gasteiger partial charge in [0, 0.05) is 11.3 Å². The van der Waals surface area contributed by atoms with Gasteiger partial charge in [-0.25, -0.2) is 4.98 Å². The highest BCUT2D eigenvalue weighted by Crippen LogP contribution is 2.43. The topological polar surface area (TPSA) is 54.0 Å². The third-order valence-electron chi connectivity index (χ3n) is 3.75. The number of halogens is 6. The molecule has 1 amide bonds. The number of hydrogen-bond donors (Lipinski definition) is 2. The number of aromatic nitrogens is 1. The maximum atomic E-state index is 13.6. The minimum absolute atomic E-state index is 0.198. The smallest absolute Gasteiger partial charge is 0.332 e. The Morgan fingerprint density at radius 2 is 1.48 bits per heavy atom. The molecule has 0 saturated heterocycles. The average molecular weight is 391 g/mol. The molecule has 0 aliphatic heterocycles. The molecular weight excluding hydrogens is 376 g/mol. The standard InChI is InChI=1S/C17H15F6N3O/c1-10-6-3-4-8-12(10)14(27)26-15(16(18,19)20,17(21,22)23)25-13-9-5-7-11(2)24-13/h3-9H,1-2H3,(H,24,25)(H,26,27). The van der Waals surface area contributed by atoms with Gasteiger partial charge in [-0.2, -0.15) is 26.3 Å². The Bertz CT molecular complexity index is 818. The summed E-state index contributed by atoms with van der Waals surface area (Å²) in [4.78, 5) is 15.9. The number of rotatable bonds is 4. The van der Waals surface area contributed by atoms with Gasteiger partial charge in [0.2, 0.25) is 0 Å². The summed E-state index contributed by atoms with van der Waals surface area (Å²) in [6.45, 7) is 2.80. The van der Waals surface area contributed by atoms with Crippen molar-refractivity contribution < 1.29 is 31.1 Å². The first-order chi connectivity index (χ1) is 12.4. The van der Waals surface area contributed by atoms with Crippen LogP contribution < -0.4 is 10.6 Å². The normalized spacial score (nSPS) is 12.6. The Hall–Kier alpha value is -2.78. The summed E-state index contributed by atoms with van der Waals surface area (Å²) in [5.41, 5.74) is -4.61. The van der Waals surface area contributed by atoms with E-state index < -0.39 is 29.7 Å². The van der Waals surface area contributed by atoms with Crippen LogP contribution in [-0.2, 0) is 0 Å². The molecule has 1 aromatic carbocycles. The van der Waals surface area contributed by atoms with E-state index in [1.54, 1.807) is 0 Å². The van der Waals surface area contributed by atoms with Gasteiger partial charge in [0.15, 0.2) is 0 Å². The Morgan fingerprint density at radius 1 is 0.889 bits per heavy atom. The van der Waals surface area contributed by atoms with Crippen LogP contribution in [0.15, 0.2) is 42.5 Å². The van der Waals surface area contributed by atoms with Crippen molar-refractivity contribution in [3.63, 3.8) is 0 Å². The predicted octanol–water partition coefficient (Wildman–Crippen LogP) is 4.36. The Labute approximate surface area is 150 Å². The molecule has 10 heteroatoms. The van der Waals surface area contributed by atoms with E-state index in [4.69, 9.17) is 0 Å². The van der Waals surface area contributed by atoms with Gasteiger partial charge < -0.3 is 10.6 Å². The summed E-state index contributed by atoms with van der Waals surface area (Å²) in [7, 11) is 0. The van der Waals surface area contributed by atoms with Gasteiger partial charge in [-0.3, -0.25) is 4.79 Å². The van der Waals surface area contributed by atoms with Crippen LogP contribution >= 0.6 is 0 Å². The summed E-state index contributed by atoms with van der Waals surface area (Å²) >= 11 is 0. The summed E-state index contributed by atoms with van der Waals surface area (Å²) in [6, 6.07) is 8.95. The first-order valence-corrected chi connectivity index (χ1v) is 7.61. The number of nitrogens with zero attached hydrogens (tertiary/aromatic N) is 1. The molecule has 0 aliphatic rings. The van der Waals surface area contributed by atoms with Gasteiger partial charge in [0.1, 0.15) is 5.82 Å². The molecule has 0 saturated carbocycles. The third-order valence-corrected chi connectivity index (χ3v) is 3.75. The molecule has 0 spiro atoms. The van der Waals surface area contributed by atoms with Crippen LogP contribution in [-0.4, -0.2) is 28.9 Å². The van der Waals surface area contributed by atoms with E-state index >= 15 is 0 Å². The molecule has 0 aliphatic carbocycles. The molecule has 0 bridgehead atoms. The minimum Gasteiger partial charge on any atom is -0.332 e. The van der Waals surface area contributed by atoms with Crippen molar-refractivity contribution in [1.82, 2.24) is 10.3 Å². The molecule has 0 fully saturated rings. The zero-order valence-corrected chi connectivity index (χ0v) is 14.2. The minimum atomic E-state index is -5.91. The number of amides is 1. The number of nitrogens with one attached hydrogen (secondary N) is 2. The monoisotopic (exact) mass is 391 g/mol. The predicted molar refractivity (Wildman–Crippen MR) is 86.1 cm³/mol. The van der Waals surface area contributed by atoms with Gasteiger partial charge in [-0.05, 0) is 37.6 Å². The van der Waals surface area contributed by atoms with E-state index in [-0.39, 0.29) is 16.8 Å². The molecule has 0 atom stereocenters. The second-order valence-electron chi connectivity index (χ2n) is 5.80. The van der Waals surface area contributed by atoms with Gasteiger partial charge in [0.05, 0.1) is 0 Å². The van der Waals surface area contributed by atoms with Crippen LogP contribution in [0.1, 0.15) is 21.6 Å². The van der Waals surface area contributed by atoms with Crippen molar-refractivity contribution in [3.8, 4) is 0 Å². The second-order valence-corrected chi connectivity index (χ2v) is 5.80. The number of benzene rings is 1. The van der Waals surface area contributed by atoms with Crippen LogP contribution in [0.5, 0.6) is 0 Å². The lowest BCUT2D eigenvalue weighted by Crippen LogP contribution is -2.72. The molecule has 1 aromatic heterocycles. The fraction of sp³-hybridized carbons (Fsp3) is 0.294. The summed E-state index contributed by atoms with van der Waals surface area (Å²) in [5, 5.41) is 2.44. The van der Waals surface area contributed by atoms with Crippen molar-refractivity contribution >= 4 is 11.7 Å². The van der Waals surface area contributed by atoms with Crippen molar-refractivity contribution in [1.29, 1.82) is 0 Å². The highest BCUT2D eigenvalue weighted by atomic mass is 19.4. The van der Waals surface area contributed by atoms with Crippen LogP contribution in [0.2, 0.25) is 0 Å². The molecule has 2 N–H and O–H groups in total. The summed E-state index contributed by atoms with van der Waals surface area (Å²) < 4.78 is 81.7. The van der Waals surface area contributed by atoms with Crippen molar-refractivity contribution in [2.45, 2.75) is 31.9 Å². The number of anilines is 1. The van der Waals surface area contributed by atoms with Crippen LogP contribution in [0, 0.1) is 13.8 Å². The fourth-order valence-electron chi connectivity index (χ4n) is 2.35. The number of pyridine rings is 1. The highest BCUT2D eigenvalue weighted by Gasteiger charge is 2.72. The van der Waals surface area contributed by atoms with Gasteiger partial charge in [-0.1, -0.05) is 24.3 Å². The van der Waals surface area contributed by atoms with Crippen molar-refractivity contribution in [3.05, 3.63) is 59.3 Å². The zero-order valence-electron chi connectivity index (χ0n) is 14.2. The Balaban J connectivity index is 2.55. The zero-order chi connectivity index (χ0) is 20.5. The molecule has 27 heavy (non-hydrogen) atoms. The average Bonchev–Trinajstić information content (AvgIpc) is 2.52. The number of carbonyl (C=O) groups is 1. The number of carbonyl (C=O) groups excluding carboxylic acids is 1. The van der Waals surface area contributed by atoms with Crippen molar-refractivity contribution in [2.24, 2.45) is 0 Å². The molecule has 1 heterocycles. The lowest BCUT2D eigenvalue weighted by Gasteiger charge is -2.38. The first-order valence-electron chi connectivity index (χ1n) is 7.61. The maximum Gasteiger partial charge on any atom is 0.439 e. The van der Waals surface area contributed by atoms with Crippen molar-refractivity contribution in [2.75, 3.05) is 5.32 Å². The van der Waals surface area contributed by atoms with Crippen LogP contribution in [0.3, 0.4) is 0 Å². The van der Waals surface area contributed by atoms with Gasteiger partial charge >= 0.3 is 18.0 Å². The number of aryl methyl sites for hydroxylation is 2. The number of hydrogen-bond acceptors (Lipinski definition) is 3. The van der Waals surface area contributed by atoms with Gasteiger partial charge in [-0.15, -0.1) is 0 Å². The third kappa shape index (κ3) is 4.15. The largest absolute Gasteiger partial charge is 0.439 e. The van der Waals surface area contributed by atoms with Crippen LogP contribution in [0.25, 0.3) is 0 Å². The molecule has 2 aromatic rings. The quantitative estimate of drug-likeness (QED) is 0.602. The molecule has 2 rings (SSSR count). The number of alkyl halides is 6. The fourth-order valence-corrected chi connectivity index (χ4v) is 2.35. The first kappa shape index (κ1) is 20.5. The summed E-state index contributed by atoms with van der Waals surface area (Å²) in [6.07, 6.45) is -11.8. The van der Waals surface area contributed by atoms with E-state index in [2.05, 4.69) is 4.98 Å². The lowest BCUT2D eigenvalue weighted by atomic mass is 10.0.